The Balaban J connectivity index is 0. The van der Waals surface area contributed by atoms with Crippen LogP contribution in [0.1, 0.15) is 19.8 Å². The fraction of sp³-hybridized carbons (Fsp3) is 1.00. The molecule has 0 spiro atoms. The van der Waals surface area contributed by atoms with Crippen LogP contribution in [0.3, 0.4) is 0 Å². The van der Waals surface area contributed by atoms with Crippen molar-refractivity contribution in [2.45, 2.75) is 25.5 Å². The SMILES string of the molecule is CCCC(O[P+](=O)[O-])[Si](O)(O)O.[Na+]. The molecule has 0 heterocycles. The van der Waals surface area contributed by atoms with E-state index in [-0.39, 0.29) is 36.0 Å². The molecule has 0 amide bonds. The summed E-state index contributed by atoms with van der Waals surface area (Å²) in [5, 5.41) is 0. The smallest absolute Gasteiger partial charge is 0.566 e. The minimum atomic E-state index is -4.48. The van der Waals surface area contributed by atoms with Gasteiger partial charge in [0.15, 0.2) is 5.73 Å². The maximum atomic E-state index is 10.0. The number of hydrogen-bond acceptors (Lipinski definition) is 6. The zero-order valence-electron chi connectivity index (χ0n) is 7.51. The first-order valence-corrected chi connectivity index (χ1v) is 6.37. The molecule has 0 aliphatic carbocycles. The maximum absolute atomic E-state index is 10.0. The molecule has 9 heteroatoms. The van der Waals surface area contributed by atoms with Crippen molar-refractivity contribution in [3.8, 4) is 0 Å². The molecular weight excluding hydrogens is 226 g/mol. The van der Waals surface area contributed by atoms with E-state index >= 15 is 0 Å². The van der Waals surface area contributed by atoms with Crippen molar-refractivity contribution in [3.63, 3.8) is 0 Å². The normalized spacial score (nSPS) is 14.7. The van der Waals surface area contributed by atoms with Crippen molar-refractivity contribution in [1.29, 1.82) is 0 Å². The molecule has 0 aromatic rings. The molecule has 0 bridgehead atoms. The van der Waals surface area contributed by atoms with Crippen LogP contribution in [-0.4, -0.2) is 28.9 Å². The largest absolute Gasteiger partial charge is 1.00 e. The molecule has 0 aromatic carbocycles. The topological polar surface area (TPSA) is 110 Å². The summed E-state index contributed by atoms with van der Waals surface area (Å²) in [7, 11) is -7.64. The predicted molar refractivity (Wildman–Crippen MR) is 39.8 cm³/mol. The molecule has 0 aliphatic heterocycles. The minimum absolute atomic E-state index is 0. The van der Waals surface area contributed by atoms with Crippen LogP contribution < -0.4 is 34.5 Å². The van der Waals surface area contributed by atoms with Gasteiger partial charge < -0.3 is 19.3 Å². The zero-order chi connectivity index (χ0) is 9.78. The van der Waals surface area contributed by atoms with Crippen LogP contribution in [0.15, 0.2) is 0 Å². The summed E-state index contributed by atoms with van der Waals surface area (Å²) in [6.45, 7) is 1.70. The van der Waals surface area contributed by atoms with E-state index < -0.39 is 22.8 Å². The third kappa shape index (κ3) is 8.13. The van der Waals surface area contributed by atoms with Crippen molar-refractivity contribution < 1.29 is 57.9 Å². The van der Waals surface area contributed by atoms with E-state index in [1.807, 2.05) is 0 Å². The molecule has 0 fully saturated rings. The van der Waals surface area contributed by atoms with E-state index in [1.54, 1.807) is 6.92 Å². The summed E-state index contributed by atoms with van der Waals surface area (Å²) < 4.78 is 14.2. The number of rotatable bonds is 5. The molecule has 2 unspecified atom stereocenters. The first-order chi connectivity index (χ1) is 5.38. The van der Waals surface area contributed by atoms with Gasteiger partial charge in [-0.2, -0.15) is 0 Å². The fourth-order valence-corrected chi connectivity index (χ4v) is 2.50. The summed E-state index contributed by atoms with van der Waals surface area (Å²) in [6, 6.07) is 0. The zero-order valence-corrected chi connectivity index (χ0v) is 11.4. The van der Waals surface area contributed by atoms with Crippen LogP contribution >= 0.6 is 8.25 Å². The first-order valence-electron chi connectivity index (χ1n) is 3.36. The number of hydrogen-bond donors (Lipinski definition) is 3. The van der Waals surface area contributed by atoms with Crippen LogP contribution in [0.25, 0.3) is 0 Å². The van der Waals surface area contributed by atoms with Crippen LogP contribution in [0.5, 0.6) is 0 Å². The van der Waals surface area contributed by atoms with E-state index in [0.29, 0.717) is 6.42 Å². The third-order valence-corrected chi connectivity index (χ3v) is 3.09. The minimum Gasteiger partial charge on any atom is -0.566 e. The summed E-state index contributed by atoms with van der Waals surface area (Å²) in [5.74, 6) is 0. The molecule has 0 saturated carbocycles. The van der Waals surface area contributed by atoms with Gasteiger partial charge in [0.2, 0.25) is 0 Å². The Bertz CT molecular complexity index is 161. The van der Waals surface area contributed by atoms with Gasteiger partial charge in [0.05, 0.1) is 0 Å². The molecule has 3 N–H and O–H groups in total. The second-order valence-corrected chi connectivity index (χ2v) is 4.97. The maximum Gasteiger partial charge on any atom is 1.00 e. The monoisotopic (exact) mass is 237 g/mol. The summed E-state index contributed by atoms with van der Waals surface area (Å²) in [4.78, 5) is 36.2. The van der Waals surface area contributed by atoms with Crippen molar-refractivity contribution >= 4 is 17.1 Å². The van der Waals surface area contributed by atoms with Crippen molar-refractivity contribution in [2.75, 3.05) is 0 Å². The van der Waals surface area contributed by atoms with Gasteiger partial charge in [0, 0.05) is 0 Å². The van der Waals surface area contributed by atoms with Gasteiger partial charge in [0.1, 0.15) is 0 Å². The first kappa shape index (κ1) is 16.5. The summed E-state index contributed by atoms with van der Waals surface area (Å²) >= 11 is 0. The average Bonchev–Trinajstić information content (AvgIpc) is 1.83. The van der Waals surface area contributed by atoms with E-state index in [1.165, 1.54) is 0 Å². The quantitative estimate of drug-likeness (QED) is 0.329. The van der Waals surface area contributed by atoms with E-state index in [2.05, 4.69) is 4.52 Å². The Labute approximate surface area is 100 Å². The summed E-state index contributed by atoms with van der Waals surface area (Å²) in [5.41, 5.74) is -1.39. The second kappa shape index (κ2) is 7.41. The Hall–Kier alpha value is 1.12. The molecular formula is C4H11NaO6PSi+. The Morgan fingerprint density at radius 2 is 2.00 bits per heavy atom. The second-order valence-electron chi connectivity index (χ2n) is 2.29. The molecule has 0 rings (SSSR count). The van der Waals surface area contributed by atoms with Crippen LogP contribution in [0.4, 0.5) is 0 Å². The van der Waals surface area contributed by atoms with E-state index in [0.717, 1.165) is 0 Å². The molecule has 0 saturated heterocycles. The fourth-order valence-electron chi connectivity index (χ4n) is 0.683. The third-order valence-electron chi connectivity index (χ3n) is 1.20. The standard InChI is InChI=1S/C4H11O6PSi.Na/c1-2-3-4(10-11(5)6)12(7,8)9;/h4,7-9H,2-3H2,1H3;/q;+1. The summed E-state index contributed by atoms with van der Waals surface area (Å²) in [6.07, 6.45) is 0.587. The van der Waals surface area contributed by atoms with Gasteiger partial charge >= 0.3 is 46.6 Å². The molecule has 13 heavy (non-hydrogen) atoms. The molecule has 0 aromatic heterocycles. The average molecular weight is 237 g/mol. The Morgan fingerprint density at radius 3 is 2.23 bits per heavy atom. The van der Waals surface area contributed by atoms with Gasteiger partial charge in [-0.1, -0.05) is 13.3 Å². The van der Waals surface area contributed by atoms with Crippen LogP contribution in [0, 0.1) is 0 Å². The molecule has 0 radical (unpaired) electrons. The predicted octanol–water partition coefficient (Wildman–Crippen LogP) is -4.35. The van der Waals surface area contributed by atoms with Crippen molar-refractivity contribution in [3.05, 3.63) is 0 Å². The van der Waals surface area contributed by atoms with Gasteiger partial charge in [-0.3, -0.25) is 0 Å². The van der Waals surface area contributed by atoms with Crippen LogP contribution in [0.2, 0.25) is 0 Å². The van der Waals surface area contributed by atoms with Crippen molar-refractivity contribution in [2.24, 2.45) is 0 Å². The van der Waals surface area contributed by atoms with Gasteiger partial charge in [-0.15, -0.1) is 4.52 Å². The van der Waals surface area contributed by atoms with Gasteiger partial charge in [-0.25, -0.2) is 0 Å². The molecule has 0 aliphatic rings. The van der Waals surface area contributed by atoms with Crippen molar-refractivity contribution in [1.82, 2.24) is 0 Å². The molecule has 2 atom stereocenters. The van der Waals surface area contributed by atoms with Gasteiger partial charge in [0.25, 0.3) is 0 Å². The molecule has 6 nitrogen and oxygen atoms in total. The Kier molecular flexibility index (Phi) is 9.43. The van der Waals surface area contributed by atoms with E-state index in [9.17, 15) is 9.46 Å². The van der Waals surface area contributed by atoms with Gasteiger partial charge in [-0.05, 0) is 11.0 Å². The Morgan fingerprint density at radius 1 is 1.54 bits per heavy atom. The molecule has 72 valence electrons. The van der Waals surface area contributed by atoms with E-state index in [4.69, 9.17) is 14.4 Å². The van der Waals surface area contributed by atoms with Crippen LogP contribution in [-0.2, 0) is 9.09 Å².